The highest BCUT2D eigenvalue weighted by Gasteiger charge is 2.33. The summed E-state index contributed by atoms with van der Waals surface area (Å²) in [4.78, 5) is 14.4. The Kier molecular flexibility index (Phi) is 4.53. The predicted molar refractivity (Wildman–Crippen MR) is 93.0 cm³/mol. The Balaban J connectivity index is 1.69. The van der Waals surface area contributed by atoms with E-state index < -0.39 is 0 Å². The van der Waals surface area contributed by atoms with E-state index >= 15 is 0 Å². The van der Waals surface area contributed by atoms with Crippen LogP contribution >= 0.6 is 15.9 Å². The van der Waals surface area contributed by atoms with Crippen LogP contribution in [-0.2, 0) is 5.41 Å². The summed E-state index contributed by atoms with van der Waals surface area (Å²) in [5.74, 6) is -0.328. The number of rotatable bonds is 2. The van der Waals surface area contributed by atoms with Crippen LogP contribution in [0.1, 0.15) is 35.7 Å². The summed E-state index contributed by atoms with van der Waals surface area (Å²) in [5, 5.41) is 0. The maximum atomic E-state index is 13.0. The van der Waals surface area contributed by atoms with Crippen LogP contribution in [-0.4, -0.2) is 23.9 Å². The lowest BCUT2D eigenvalue weighted by Crippen LogP contribution is -2.43. The van der Waals surface area contributed by atoms with E-state index in [0.29, 0.717) is 5.56 Å². The van der Waals surface area contributed by atoms with E-state index in [9.17, 15) is 9.18 Å². The van der Waals surface area contributed by atoms with Gasteiger partial charge in [-0.3, -0.25) is 4.79 Å². The Hall–Kier alpha value is -1.68. The highest BCUT2D eigenvalue weighted by molar-refractivity contribution is 9.10. The van der Waals surface area contributed by atoms with Crippen LogP contribution in [0.4, 0.5) is 4.39 Å². The van der Waals surface area contributed by atoms with Gasteiger partial charge in [0.25, 0.3) is 5.91 Å². The van der Waals surface area contributed by atoms with Crippen molar-refractivity contribution >= 4 is 21.8 Å². The minimum Gasteiger partial charge on any atom is -0.339 e. The molecule has 3 rings (SSSR count). The smallest absolute Gasteiger partial charge is 0.253 e. The summed E-state index contributed by atoms with van der Waals surface area (Å²) in [6.07, 6.45) is 1.86. The summed E-state index contributed by atoms with van der Waals surface area (Å²) in [7, 11) is 0. The second-order valence-corrected chi connectivity index (χ2v) is 7.28. The molecule has 0 N–H and O–H groups in total. The van der Waals surface area contributed by atoms with Crippen molar-refractivity contribution in [2.24, 2.45) is 0 Å². The third kappa shape index (κ3) is 3.47. The highest BCUT2D eigenvalue weighted by atomic mass is 79.9. The molecule has 0 unspecified atom stereocenters. The van der Waals surface area contributed by atoms with Gasteiger partial charge in [0.1, 0.15) is 5.82 Å². The van der Waals surface area contributed by atoms with E-state index in [-0.39, 0.29) is 17.1 Å². The Morgan fingerprint density at radius 1 is 1.04 bits per heavy atom. The molecule has 1 fully saturated rings. The lowest BCUT2D eigenvalue weighted by Gasteiger charge is -2.40. The highest BCUT2D eigenvalue weighted by Crippen LogP contribution is 2.35. The van der Waals surface area contributed by atoms with Gasteiger partial charge in [0.05, 0.1) is 0 Å². The molecule has 23 heavy (non-hydrogen) atoms. The molecule has 1 amide bonds. The van der Waals surface area contributed by atoms with Gasteiger partial charge >= 0.3 is 0 Å². The van der Waals surface area contributed by atoms with Crippen LogP contribution in [0, 0.1) is 5.82 Å². The molecule has 0 aromatic heterocycles. The Morgan fingerprint density at radius 2 is 1.61 bits per heavy atom. The second-order valence-electron chi connectivity index (χ2n) is 6.37. The maximum absolute atomic E-state index is 13.0. The summed E-state index contributed by atoms with van der Waals surface area (Å²) in [6.45, 7) is 3.71. The number of benzene rings is 2. The van der Waals surface area contributed by atoms with Gasteiger partial charge in [-0.25, -0.2) is 4.39 Å². The summed E-state index contributed by atoms with van der Waals surface area (Å²) < 4.78 is 14.1. The molecule has 1 aliphatic heterocycles. The van der Waals surface area contributed by atoms with Gasteiger partial charge in [-0.05, 0) is 60.2 Å². The van der Waals surface area contributed by atoms with Gasteiger partial charge in [0, 0.05) is 23.1 Å². The molecular weight excluding hydrogens is 357 g/mol. The molecule has 1 aliphatic rings. The second kappa shape index (κ2) is 6.44. The van der Waals surface area contributed by atoms with Crippen LogP contribution in [0.15, 0.2) is 53.0 Å². The number of likely N-dealkylation sites (tertiary alicyclic amines) is 1. The van der Waals surface area contributed by atoms with E-state index in [2.05, 4.69) is 47.1 Å². The van der Waals surface area contributed by atoms with Crippen LogP contribution in [0.5, 0.6) is 0 Å². The molecule has 120 valence electrons. The average molecular weight is 376 g/mol. The number of nitrogens with zero attached hydrogens (tertiary/aromatic N) is 1. The number of amides is 1. The molecular formula is C19H19BrFNO. The fourth-order valence-electron chi connectivity index (χ4n) is 3.12. The van der Waals surface area contributed by atoms with Crippen molar-refractivity contribution in [2.75, 3.05) is 13.1 Å². The molecule has 0 aliphatic carbocycles. The van der Waals surface area contributed by atoms with Crippen LogP contribution in [0.25, 0.3) is 0 Å². The van der Waals surface area contributed by atoms with Crippen LogP contribution < -0.4 is 0 Å². The summed E-state index contributed by atoms with van der Waals surface area (Å²) in [6, 6.07) is 14.2. The van der Waals surface area contributed by atoms with E-state index in [0.717, 1.165) is 30.4 Å². The van der Waals surface area contributed by atoms with Gasteiger partial charge in [0.2, 0.25) is 0 Å². The Bertz CT molecular complexity index is 688. The quantitative estimate of drug-likeness (QED) is 0.739. The third-order valence-electron chi connectivity index (χ3n) is 4.79. The van der Waals surface area contributed by atoms with Crippen molar-refractivity contribution in [3.8, 4) is 0 Å². The topological polar surface area (TPSA) is 20.3 Å². The van der Waals surface area contributed by atoms with Crippen molar-refractivity contribution in [3.63, 3.8) is 0 Å². The summed E-state index contributed by atoms with van der Waals surface area (Å²) >= 11 is 3.47. The lowest BCUT2D eigenvalue weighted by atomic mass is 9.74. The zero-order chi connectivity index (χ0) is 16.4. The van der Waals surface area contributed by atoms with Gasteiger partial charge in [0.15, 0.2) is 0 Å². The normalized spacial score (nSPS) is 17.1. The van der Waals surface area contributed by atoms with Crippen molar-refractivity contribution in [1.29, 1.82) is 0 Å². The molecule has 4 heteroatoms. The van der Waals surface area contributed by atoms with Gasteiger partial charge in [-0.2, -0.15) is 0 Å². The molecule has 0 saturated carbocycles. The number of hydrogen-bond donors (Lipinski definition) is 0. The molecule has 0 atom stereocenters. The summed E-state index contributed by atoms with van der Waals surface area (Å²) in [5.41, 5.74) is 1.97. The number of halogens is 2. The van der Waals surface area contributed by atoms with Gasteiger partial charge in [-0.1, -0.05) is 35.0 Å². The Morgan fingerprint density at radius 3 is 2.17 bits per heavy atom. The number of piperidine rings is 1. The molecule has 2 aromatic rings. The largest absolute Gasteiger partial charge is 0.339 e. The molecule has 2 nitrogen and oxygen atoms in total. The minimum absolute atomic E-state index is 0.0112. The molecule has 2 aromatic carbocycles. The monoisotopic (exact) mass is 375 g/mol. The number of carbonyl (C=O) groups excluding carboxylic acids is 1. The number of hydrogen-bond acceptors (Lipinski definition) is 1. The SMILES string of the molecule is CC1(c2ccc(Br)cc2)CCN(C(=O)c2ccc(F)cc2)CC1. The minimum atomic E-state index is -0.317. The van der Waals surface area contributed by atoms with E-state index in [1.807, 2.05) is 4.90 Å². The first-order valence-corrected chi connectivity index (χ1v) is 8.58. The van der Waals surface area contributed by atoms with Crippen LogP contribution in [0.2, 0.25) is 0 Å². The third-order valence-corrected chi connectivity index (χ3v) is 5.32. The first kappa shape index (κ1) is 16.2. The first-order chi connectivity index (χ1) is 11.0. The standard InChI is InChI=1S/C19H19BrFNO/c1-19(15-4-6-16(20)7-5-15)10-12-22(13-11-19)18(23)14-2-8-17(21)9-3-14/h2-9H,10-13H2,1H3. The fraction of sp³-hybridized carbons (Fsp3) is 0.316. The zero-order valence-electron chi connectivity index (χ0n) is 13.1. The molecule has 0 radical (unpaired) electrons. The van der Waals surface area contributed by atoms with E-state index in [4.69, 9.17) is 0 Å². The van der Waals surface area contributed by atoms with Gasteiger partial charge < -0.3 is 4.90 Å². The Labute approximate surface area is 144 Å². The maximum Gasteiger partial charge on any atom is 0.253 e. The lowest BCUT2D eigenvalue weighted by molar-refractivity contribution is 0.0676. The number of carbonyl (C=O) groups is 1. The van der Waals surface area contributed by atoms with E-state index in [1.165, 1.54) is 17.7 Å². The van der Waals surface area contributed by atoms with Crippen molar-refractivity contribution in [1.82, 2.24) is 4.90 Å². The first-order valence-electron chi connectivity index (χ1n) is 7.79. The molecule has 0 bridgehead atoms. The van der Waals surface area contributed by atoms with Gasteiger partial charge in [-0.15, -0.1) is 0 Å². The van der Waals surface area contributed by atoms with Crippen LogP contribution in [0.3, 0.4) is 0 Å². The molecule has 1 saturated heterocycles. The van der Waals surface area contributed by atoms with Crippen molar-refractivity contribution in [3.05, 3.63) is 69.9 Å². The molecule has 1 heterocycles. The predicted octanol–water partition coefficient (Wildman–Crippen LogP) is 4.78. The van der Waals surface area contributed by atoms with E-state index in [1.54, 1.807) is 12.1 Å². The average Bonchev–Trinajstić information content (AvgIpc) is 2.56. The molecule has 0 spiro atoms. The van der Waals surface area contributed by atoms with Crippen molar-refractivity contribution in [2.45, 2.75) is 25.2 Å². The zero-order valence-corrected chi connectivity index (χ0v) is 14.6. The van der Waals surface area contributed by atoms with Crippen molar-refractivity contribution < 1.29 is 9.18 Å². The fourth-order valence-corrected chi connectivity index (χ4v) is 3.38.